The van der Waals surface area contributed by atoms with Gasteiger partial charge in [-0.25, -0.2) is 24.3 Å². The van der Waals surface area contributed by atoms with Gasteiger partial charge >= 0.3 is 0 Å². The van der Waals surface area contributed by atoms with E-state index in [9.17, 15) is 4.39 Å². The average molecular weight is 457 g/mol. The molecule has 0 aliphatic carbocycles. The smallest absolute Gasteiger partial charge is 0.226 e. The molecule has 5 rings (SSSR count). The van der Waals surface area contributed by atoms with E-state index in [1.807, 2.05) is 0 Å². The lowest BCUT2D eigenvalue weighted by molar-refractivity contribution is 0.0980. The number of likely N-dealkylation sites (N-methyl/N-ethyl adjacent to an activating group) is 1. The molecule has 1 N–H and O–H groups in total. The first-order valence-corrected chi connectivity index (χ1v) is 11.3. The second kappa shape index (κ2) is 9.09. The Morgan fingerprint density at radius 1 is 1.03 bits per heavy atom. The van der Waals surface area contributed by atoms with E-state index in [0.717, 1.165) is 52.1 Å². The monoisotopic (exact) mass is 456 g/mol. The standard InChI is InChI=1S/C22H26ClFN8/c1-30-8-10-31(11-9-30)16-4-6-32(7-5-16)22-25-13-19-20(29-22)21(27-14-26-19)28-15-2-3-18(24)17(23)12-15/h2-3,12-14,16H,4-11H2,1H3,(H,26,27,28). The second-order valence-corrected chi connectivity index (χ2v) is 8.84. The fourth-order valence-corrected chi connectivity index (χ4v) is 4.60. The highest BCUT2D eigenvalue weighted by atomic mass is 35.5. The van der Waals surface area contributed by atoms with Gasteiger partial charge < -0.3 is 15.1 Å². The summed E-state index contributed by atoms with van der Waals surface area (Å²) in [5.41, 5.74) is 1.90. The van der Waals surface area contributed by atoms with E-state index in [4.69, 9.17) is 16.6 Å². The summed E-state index contributed by atoms with van der Waals surface area (Å²) in [6.45, 7) is 6.42. The van der Waals surface area contributed by atoms with Gasteiger partial charge in [0.05, 0.1) is 11.2 Å². The highest BCUT2D eigenvalue weighted by Crippen LogP contribution is 2.27. The van der Waals surface area contributed by atoms with Crippen molar-refractivity contribution in [2.75, 3.05) is 56.5 Å². The van der Waals surface area contributed by atoms with Crippen LogP contribution in [0.1, 0.15) is 12.8 Å². The van der Waals surface area contributed by atoms with Crippen molar-refractivity contribution in [3.05, 3.63) is 41.6 Å². The molecule has 2 saturated heterocycles. The van der Waals surface area contributed by atoms with E-state index in [1.165, 1.54) is 18.5 Å². The molecule has 4 heterocycles. The molecule has 32 heavy (non-hydrogen) atoms. The average Bonchev–Trinajstić information content (AvgIpc) is 2.82. The molecular weight excluding hydrogens is 431 g/mol. The Morgan fingerprint density at radius 2 is 1.81 bits per heavy atom. The van der Waals surface area contributed by atoms with Gasteiger partial charge in [-0.3, -0.25) is 4.90 Å². The molecule has 2 aliphatic rings. The third kappa shape index (κ3) is 4.46. The van der Waals surface area contributed by atoms with Crippen LogP contribution in [-0.2, 0) is 0 Å². The van der Waals surface area contributed by atoms with E-state index >= 15 is 0 Å². The van der Waals surface area contributed by atoms with Gasteiger partial charge in [0.2, 0.25) is 5.95 Å². The van der Waals surface area contributed by atoms with E-state index in [0.29, 0.717) is 34.5 Å². The third-order valence-electron chi connectivity index (χ3n) is 6.35. The molecule has 0 saturated carbocycles. The Morgan fingerprint density at radius 3 is 2.56 bits per heavy atom. The topological polar surface area (TPSA) is 73.3 Å². The third-order valence-corrected chi connectivity index (χ3v) is 6.64. The van der Waals surface area contributed by atoms with E-state index < -0.39 is 5.82 Å². The maximum Gasteiger partial charge on any atom is 0.226 e. The molecule has 0 unspecified atom stereocenters. The fourth-order valence-electron chi connectivity index (χ4n) is 4.42. The molecule has 8 nitrogen and oxygen atoms in total. The molecule has 0 radical (unpaired) electrons. The van der Waals surface area contributed by atoms with Gasteiger partial charge in [-0.2, -0.15) is 0 Å². The number of nitrogens with one attached hydrogen (secondary N) is 1. The highest BCUT2D eigenvalue weighted by Gasteiger charge is 2.27. The van der Waals surface area contributed by atoms with Crippen LogP contribution in [-0.4, -0.2) is 82.1 Å². The number of piperidine rings is 1. The summed E-state index contributed by atoms with van der Waals surface area (Å²) in [5, 5.41) is 3.23. The Labute approximate surface area is 191 Å². The van der Waals surface area contributed by atoms with Crippen molar-refractivity contribution in [3.63, 3.8) is 0 Å². The quantitative estimate of drug-likeness (QED) is 0.641. The van der Waals surface area contributed by atoms with Crippen molar-refractivity contribution in [3.8, 4) is 0 Å². The SMILES string of the molecule is CN1CCN(C2CCN(c3ncc4ncnc(Nc5ccc(F)c(Cl)c5)c4n3)CC2)CC1. The maximum absolute atomic E-state index is 13.5. The first-order valence-electron chi connectivity index (χ1n) is 10.9. The number of hydrogen-bond donors (Lipinski definition) is 1. The number of benzene rings is 1. The Balaban J connectivity index is 1.32. The zero-order valence-corrected chi connectivity index (χ0v) is 18.8. The number of rotatable bonds is 4. The molecular formula is C22H26ClFN8. The van der Waals surface area contributed by atoms with Gasteiger partial charge in [0.15, 0.2) is 5.82 Å². The Kier molecular flexibility index (Phi) is 6.03. The van der Waals surface area contributed by atoms with E-state index in [2.05, 4.69) is 42.0 Å². The number of piperazine rings is 1. The summed E-state index contributed by atoms with van der Waals surface area (Å²) < 4.78 is 13.5. The zero-order chi connectivity index (χ0) is 22.1. The number of nitrogens with zero attached hydrogens (tertiary/aromatic N) is 7. The molecule has 2 aromatic heterocycles. The second-order valence-electron chi connectivity index (χ2n) is 8.44. The molecule has 168 valence electrons. The van der Waals surface area contributed by atoms with Crippen LogP contribution < -0.4 is 10.2 Å². The summed E-state index contributed by atoms with van der Waals surface area (Å²) in [4.78, 5) is 25.2. The highest BCUT2D eigenvalue weighted by molar-refractivity contribution is 6.31. The van der Waals surface area contributed by atoms with Crippen LogP contribution >= 0.6 is 11.6 Å². The molecule has 1 aromatic carbocycles. The largest absolute Gasteiger partial charge is 0.341 e. The Bertz CT molecular complexity index is 1100. The molecule has 10 heteroatoms. The minimum absolute atomic E-state index is 0.0481. The first kappa shape index (κ1) is 21.2. The van der Waals surface area contributed by atoms with Crippen molar-refractivity contribution in [2.24, 2.45) is 0 Å². The molecule has 0 amide bonds. The molecule has 3 aromatic rings. The van der Waals surface area contributed by atoms with Crippen LogP contribution in [0.4, 0.5) is 21.8 Å². The van der Waals surface area contributed by atoms with Crippen LogP contribution in [0.2, 0.25) is 5.02 Å². The van der Waals surface area contributed by atoms with Gasteiger partial charge in [-0.1, -0.05) is 11.6 Å². The van der Waals surface area contributed by atoms with E-state index in [1.54, 1.807) is 12.3 Å². The van der Waals surface area contributed by atoms with Crippen LogP contribution in [0, 0.1) is 5.82 Å². The molecule has 2 aliphatic heterocycles. The van der Waals surface area contributed by atoms with Gasteiger partial charge in [0.1, 0.15) is 23.2 Å². The van der Waals surface area contributed by atoms with Crippen LogP contribution in [0.5, 0.6) is 0 Å². The van der Waals surface area contributed by atoms with Crippen molar-refractivity contribution >= 4 is 40.1 Å². The minimum atomic E-state index is -0.464. The lowest BCUT2D eigenvalue weighted by atomic mass is 10.0. The number of anilines is 3. The summed E-state index contributed by atoms with van der Waals surface area (Å²) >= 11 is 5.91. The maximum atomic E-state index is 13.5. The summed E-state index contributed by atoms with van der Waals surface area (Å²) in [5.74, 6) is 0.757. The summed E-state index contributed by atoms with van der Waals surface area (Å²) in [6.07, 6.45) is 5.40. The zero-order valence-electron chi connectivity index (χ0n) is 18.0. The lowest BCUT2D eigenvalue weighted by Crippen LogP contribution is -2.52. The van der Waals surface area contributed by atoms with Gasteiger partial charge in [-0.05, 0) is 38.1 Å². The fraction of sp³-hybridized carbons (Fsp3) is 0.455. The van der Waals surface area contributed by atoms with Gasteiger partial charge in [0.25, 0.3) is 0 Å². The van der Waals surface area contributed by atoms with Gasteiger partial charge in [0, 0.05) is 51.0 Å². The van der Waals surface area contributed by atoms with Crippen molar-refractivity contribution < 1.29 is 4.39 Å². The predicted octanol–water partition coefficient (Wildman–Crippen LogP) is 3.17. The number of aromatic nitrogens is 4. The lowest BCUT2D eigenvalue weighted by Gasteiger charge is -2.42. The van der Waals surface area contributed by atoms with Crippen molar-refractivity contribution in [2.45, 2.75) is 18.9 Å². The number of halogens is 2. The van der Waals surface area contributed by atoms with Gasteiger partial charge in [-0.15, -0.1) is 0 Å². The molecule has 0 bridgehead atoms. The number of fused-ring (bicyclic) bond motifs is 1. The van der Waals surface area contributed by atoms with E-state index in [-0.39, 0.29) is 5.02 Å². The van der Waals surface area contributed by atoms with Crippen LogP contribution in [0.3, 0.4) is 0 Å². The minimum Gasteiger partial charge on any atom is -0.341 e. The Hall–Kier alpha value is -2.62. The van der Waals surface area contributed by atoms with Crippen LogP contribution in [0.15, 0.2) is 30.7 Å². The summed E-state index contributed by atoms with van der Waals surface area (Å²) in [7, 11) is 2.19. The number of hydrogen-bond acceptors (Lipinski definition) is 8. The van der Waals surface area contributed by atoms with Crippen molar-refractivity contribution in [1.29, 1.82) is 0 Å². The van der Waals surface area contributed by atoms with Crippen molar-refractivity contribution in [1.82, 2.24) is 29.7 Å². The first-order chi connectivity index (χ1) is 15.6. The molecule has 0 atom stereocenters. The van der Waals surface area contributed by atoms with Crippen LogP contribution in [0.25, 0.3) is 11.0 Å². The molecule has 2 fully saturated rings. The molecule has 0 spiro atoms. The normalized spacial score (nSPS) is 18.9. The predicted molar refractivity (Wildman–Crippen MR) is 124 cm³/mol. The summed E-state index contributed by atoms with van der Waals surface area (Å²) in [6, 6.07) is 5.08.